The molecule has 0 fully saturated rings. The first-order valence-corrected chi connectivity index (χ1v) is 27.1. The first-order valence-electron chi connectivity index (χ1n) is 27.1. The Labute approximate surface area is 463 Å². The second-order valence-corrected chi connectivity index (χ2v) is 20.4. The highest BCUT2D eigenvalue weighted by atomic mass is 16.5. The van der Waals surface area contributed by atoms with Gasteiger partial charge in [0, 0.05) is 74.4 Å². The van der Waals surface area contributed by atoms with Crippen molar-refractivity contribution in [3.63, 3.8) is 0 Å². The van der Waals surface area contributed by atoms with E-state index in [1.807, 2.05) is 73.4 Å². The number of ether oxygens (including phenoxy) is 2. The second kappa shape index (κ2) is 20.9. The van der Waals surface area contributed by atoms with Crippen molar-refractivity contribution >= 4 is 54.8 Å². The van der Waals surface area contributed by atoms with Crippen molar-refractivity contribution in [2.24, 2.45) is 5.92 Å². The lowest BCUT2D eigenvalue weighted by Gasteiger charge is -2.15. The van der Waals surface area contributed by atoms with Crippen LogP contribution < -0.4 is 9.47 Å². The molecule has 382 valence electrons. The fourth-order valence-corrected chi connectivity index (χ4v) is 11.1. The van der Waals surface area contributed by atoms with Gasteiger partial charge in [-0.3, -0.25) is 9.97 Å². The molecule has 0 N–H and O–H groups in total. The number of aromatic nitrogens is 6. The highest BCUT2D eigenvalue weighted by molar-refractivity contribution is 6.10. The van der Waals surface area contributed by atoms with Crippen molar-refractivity contribution in [2.75, 3.05) is 0 Å². The number of benzene rings is 6. The molecule has 6 aromatic heterocycles. The summed E-state index contributed by atoms with van der Waals surface area (Å²) in [7, 11) is 0. The van der Waals surface area contributed by atoms with E-state index in [1.165, 1.54) is 0 Å². The SMILES string of the molecule is CC1C=CC(c2cc(COc3ccc4c(c3)c3cnccc3n4-c3cccc(-c4cccc(-n5c6ccncc6c6cc(OCc7cc(C8=CC=CC=C=C8)nc(-c8ccccc8)c7)ccc65)c4)c3)cc(-c3ccccc3)n2)=CC1. The van der Waals surface area contributed by atoms with Crippen molar-refractivity contribution in [2.45, 2.75) is 26.6 Å². The molecule has 0 bridgehead atoms. The van der Waals surface area contributed by atoms with Crippen molar-refractivity contribution < 1.29 is 9.47 Å². The fraction of sp³-hybridized carbons (Fsp3) is 0.0694. The van der Waals surface area contributed by atoms with E-state index in [2.05, 4.69) is 214 Å². The molecule has 0 aliphatic heterocycles. The first kappa shape index (κ1) is 48.0. The summed E-state index contributed by atoms with van der Waals surface area (Å²) in [4.78, 5) is 19.4. The van der Waals surface area contributed by atoms with Crippen LogP contribution in [0.3, 0.4) is 0 Å². The highest BCUT2D eigenvalue weighted by Crippen LogP contribution is 2.39. The van der Waals surface area contributed by atoms with Gasteiger partial charge < -0.3 is 18.6 Å². The van der Waals surface area contributed by atoms with E-state index >= 15 is 0 Å². The Balaban J connectivity index is 0.757. The molecular weight excluding hydrogens is 981 g/mol. The van der Waals surface area contributed by atoms with Crippen LogP contribution in [0.1, 0.15) is 35.9 Å². The van der Waals surface area contributed by atoms with Gasteiger partial charge in [-0.1, -0.05) is 128 Å². The molecule has 0 spiro atoms. The van der Waals surface area contributed by atoms with Gasteiger partial charge in [0.25, 0.3) is 0 Å². The van der Waals surface area contributed by atoms with Gasteiger partial charge in [0.1, 0.15) is 24.7 Å². The molecule has 0 radical (unpaired) electrons. The van der Waals surface area contributed by atoms with Gasteiger partial charge >= 0.3 is 0 Å². The molecule has 2 aliphatic rings. The van der Waals surface area contributed by atoms with Gasteiger partial charge in [-0.05, 0) is 149 Å². The van der Waals surface area contributed by atoms with Gasteiger partial charge in [0.15, 0.2) is 0 Å². The zero-order valence-corrected chi connectivity index (χ0v) is 43.9. The minimum atomic E-state index is 0.365. The zero-order valence-electron chi connectivity index (χ0n) is 43.9. The maximum atomic E-state index is 6.65. The molecule has 0 amide bonds. The third kappa shape index (κ3) is 9.40. The Bertz CT molecular complexity index is 4570. The van der Waals surface area contributed by atoms with Crippen molar-refractivity contribution in [3.8, 4) is 56.5 Å². The van der Waals surface area contributed by atoms with Gasteiger partial charge in [0.2, 0.25) is 0 Å². The summed E-state index contributed by atoms with van der Waals surface area (Å²) >= 11 is 0. The Kier molecular flexibility index (Phi) is 12.5. The van der Waals surface area contributed by atoms with E-state index in [1.54, 1.807) is 0 Å². The van der Waals surface area contributed by atoms with E-state index in [-0.39, 0.29) is 0 Å². The van der Waals surface area contributed by atoms with Crippen LogP contribution in [0.5, 0.6) is 11.5 Å². The van der Waals surface area contributed by atoms with Crippen LogP contribution in [-0.4, -0.2) is 29.1 Å². The van der Waals surface area contributed by atoms with Crippen LogP contribution in [0.2, 0.25) is 0 Å². The van der Waals surface area contributed by atoms with E-state index in [0.29, 0.717) is 19.1 Å². The number of pyridine rings is 4. The molecule has 8 nitrogen and oxygen atoms in total. The van der Waals surface area contributed by atoms with Crippen molar-refractivity contribution in [3.05, 3.63) is 284 Å². The molecule has 0 saturated heterocycles. The summed E-state index contributed by atoms with van der Waals surface area (Å²) in [5.41, 5.74) is 21.8. The van der Waals surface area contributed by atoms with Crippen LogP contribution in [0.25, 0.3) is 99.8 Å². The summed E-state index contributed by atoms with van der Waals surface area (Å²) in [6.07, 6.45) is 25.3. The third-order valence-electron chi connectivity index (χ3n) is 15.1. The molecule has 6 heterocycles. The number of rotatable bonds is 13. The molecule has 8 heteroatoms. The summed E-state index contributed by atoms with van der Waals surface area (Å²) in [6.45, 7) is 3.00. The summed E-state index contributed by atoms with van der Waals surface area (Å²) in [5.74, 6) is 2.08. The Hall–Kier alpha value is -10.4. The number of fused-ring (bicyclic) bond motifs is 6. The Morgan fingerprint density at radius 2 is 1.00 bits per heavy atom. The average molecular weight is 1030 g/mol. The predicted octanol–water partition coefficient (Wildman–Crippen LogP) is 17.3. The normalized spacial score (nSPS) is 14.0. The predicted molar refractivity (Wildman–Crippen MR) is 325 cm³/mol. The van der Waals surface area contributed by atoms with E-state index in [4.69, 9.17) is 19.4 Å². The monoisotopic (exact) mass is 1030 g/mol. The number of hydrogen-bond acceptors (Lipinski definition) is 6. The van der Waals surface area contributed by atoms with Crippen molar-refractivity contribution in [1.29, 1.82) is 0 Å². The molecule has 14 rings (SSSR count). The van der Waals surface area contributed by atoms with Crippen LogP contribution in [0.15, 0.2) is 261 Å². The van der Waals surface area contributed by atoms with Gasteiger partial charge in [-0.2, -0.15) is 0 Å². The molecule has 80 heavy (non-hydrogen) atoms. The van der Waals surface area contributed by atoms with Gasteiger partial charge in [-0.15, -0.1) is 5.73 Å². The van der Waals surface area contributed by atoms with Gasteiger partial charge in [-0.25, -0.2) is 9.97 Å². The smallest absolute Gasteiger partial charge is 0.120 e. The van der Waals surface area contributed by atoms with Crippen molar-refractivity contribution in [1.82, 2.24) is 29.1 Å². The standard InChI is InChI=1S/C72H52N6O2/c1-48-24-26-54(27-25-48)68-39-50(38-67(76-68)53-18-10-5-11-19-53)47-80-60-29-31-70-62(43-60)64-45-74-35-33-72(64)78(70)58-23-13-21-56(41-58)55-20-12-22-57(40-55)77-69-30-28-59(42-61(69)63-44-73-34-32-71(63)77)79-46-49-36-65(51-14-6-2-3-7-15-51)75-66(37-49)52-16-8-4-9-17-52/h2-6,8-24,26-45,48H,25,46-47H2,1H3. The minimum Gasteiger partial charge on any atom is -0.489 e. The lowest BCUT2D eigenvalue weighted by Crippen LogP contribution is -2.02. The molecule has 2 aliphatic carbocycles. The number of hydrogen-bond donors (Lipinski definition) is 0. The Morgan fingerprint density at radius 1 is 0.487 bits per heavy atom. The van der Waals surface area contributed by atoms with Crippen LogP contribution >= 0.6 is 0 Å². The maximum Gasteiger partial charge on any atom is 0.120 e. The molecule has 12 aromatic rings. The van der Waals surface area contributed by atoms with Gasteiger partial charge in [0.05, 0.1) is 44.8 Å². The van der Waals surface area contributed by atoms with Crippen LogP contribution in [0, 0.1) is 5.92 Å². The summed E-state index contributed by atoms with van der Waals surface area (Å²) in [5, 5.41) is 4.23. The number of allylic oxidation sites excluding steroid dienone is 9. The molecular formula is C72H52N6O2. The first-order chi connectivity index (χ1) is 39.5. The second-order valence-electron chi connectivity index (χ2n) is 20.4. The molecule has 6 aromatic carbocycles. The quantitative estimate of drug-likeness (QED) is 0.107. The highest BCUT2D eigenvalue weighted by Gasteiger charge is 2.19. The topological polar surface area (TPSA) is 79.9 Å². The van der Waals surface area contributed by atoms with E-state index in [0.717, 1.165) is 140 Å². The molecule has 1 unspecified atom stereocenters. The molecule has 0 saturated carbocycles. The molecule has 1 atom stereocenters. The maximum absolute atomic E-state index is 6.65. The minimum absolute atomic E-state index is 0.365. The van der Waals surface area contributed by atoms with E-state index in [9.17, 15) is 0 Å². The Morgan fingerprint density at radius 3 is 1.54 bits per heavy atom. The third-order valence-corrected chi connectivity index (χ3v) is 15.1. The lowest BCUT2D eigenvalue weighted by atomic mass is 9.95. The average Bonchev–Trinajstić information content (AvgIpc) is 4.12. The largest absolute Gasteiger partial charge is 0.489 e. The van der Waals surface area contributed by atoms with Crippen LogP contribution in [-0.2, 0) is 13.2 Å². The fourth-order valence-electron chi connectivity index (χ4n) is 11.1. The van der Waals surface area contributed by atoms with E-state index < -0.39 is 0 Å². The zero-order chi connectivity index (χ0) is 53.4. The summed E-state index contributed by atoms with van der Waals surface area (Å²) in [6, 6.07) is 63.7. The van der Waals surface area contributed by atoms with Crippen LogP contribution in [0.4, 0.5) is 0 Å². The summed E-state index contributed by atoms with van der Waals surface area (Å²) < 4.78 is 17.9. The number of nitrogens with zero attached hydrogens (tertiary/aromatic N) is 6. The lowest BCUT2D eigenvalue weighted by molar-refractivity contribution is 0.306.